The maximum Gasteiger partial charge on any atom is 0.138 e. The van der Waals surface area contributed by atoms with E-state index in [1.54, 1.807) is 0 Å². The Morgan fingerprint density at radius 3 is 2.69 bits per heavy atom. The highest BCUT2D eigenvalue weighted by atomic mass is 35.5. The lowest BCUT2D eigenvalue weighted by atomic mass is 10.1. The van der Waals surface area contributed by atoms with Crippen molar-refractivity contribution in [1.29, 1.82) is 0 Å². The Labute approximate surface area is 101 Å². The van der Waals surface area contributed by atoms with Crippen LogP contribution in [0.5, 0.6) is 5.75 Å². The normalized spacial score (nSPS) is 12.5. The van der Waals surface area contributed by atoms with Crippen LogP contribution in [0.25, 0.3) is 0 Å². The lowest BCUT2D eigenvalue weighted by molar-refractivity contribution is 0.110. The summed E-state index contributed by atoms with van der Waals surface area (Å²) < 4.78 is 10.6. The molecule has 1 aromatic carbocycles. The smallest absolute Gasteiger partial charge is 0.138 e. The molecule has 0 spiro atoms. The Morgan fingerprint density at radius 1 is 1.38 bits per heavy atom. The minimum atomic E-state index is -0.0185. The molecular formula is C12H18ClNO2. The van der Waals surface area contributed by atoms with E-state index in [0.29, 0.717) is 30.6 Å². The first kappa shape index (κ1) is 13.3. The molecule has 0 bridgehead atoms. The Bertz CT molecular complexity index is 329. The minimum absolute atomic E-state index is 0.0185. The van der Waals surface area contributed by atoms with E-state index in [2.05, 4.69) is 0 Å². The fourth-order valence-electron chi connectivity index (χ4n) is 1.27. The number of rotatable bonds is 6. The zero-order valence-electron chi connectivity index (χ0n) is 9.70. The Kier molecular flexibility index (Phi) is 5.60. The molecule has 0 aliphatic rings. The van der Waals surface area contributed by atoms with Gasteiger partial charge in [-0.1, -0.05) is 17.7 Å². The van der Waals surface area contributed by atoms with Gasteiger partial charge >= 0.3 is 0 Å². The Balaban J connectivity index is 2.54. The van der Waals surface area contributed by atoms with E-state index in [4.69, 9.17) is 26.8 Å². The first-order valence-electron chi connectivity index (χ1n) is 5.40. The average molecular weight is 244 g/mol. The quantitative estimate of drug-likeness (QED) is 0.782. The molecule has 0 aliphatic heterocycles. The van der Waals surface area contributed by atoms with Crippen LogP contribution in [-0.4, -0.2) is 19.8 Å². The Morgan fingerprint density at radius 2 is 2.12 bits per heavy atom. The second kappa shape index (κ2) is 6.74. The molecule has 0 radical (unpaired) electrons. The molecule has 90 valence electrons. The van der Waals surface area contributed by atoms with Crippen molar-refractivity contribution in [3.05, 3.63) is 28.8 Å². The van der Waals surface area contributed by atoms with E-state index in [1.165, 1.54) is 0 Å². The van der Waals surface area contributed by atoms with Gasteiger partial charge in [0.25, 0.3) is 0 Å². The van der Waals surface area contributed by atoms with Crippen LogP contribution in [0.1, 0.15) is 25.5 Å². The van der Waals surface area contributed by atoms with Crippen molar-refractivity contribution in [3.63, 3.8) is 0 Å². The molecule has 0 aromatic heterocycles. The van der Waals surface area contributed by atoms with Crippen LogP contribution in [0.4, 0.5) is 0 Å². The fourth-order valence-corrected chi connectivity index (χ4v) is 1.52. The molecule has 1 aromatic rings. The molecular weight excluding hydrogens is 226 g/mol. The van der Waals surface area contributed by atoms with E-state index in [1.807, 2.05) is 32.0 Å². The van der Waals surface area contributed by atoms with Gasteiger partial charge in [-0.05, 0) is 31.5 Å². The van der Waals surface area contributed by atoms with Gasteiger partial charge in [0, 0.05) is 12.6 Å². The van der Waals surface area contributed by atoms with Crippen LogP contribution in [0, 0.1) is 0 Å². The second-order valence-corrected chi connectivity index (χ2v) is 3.93. The van der Waals surface area contributed by atoms with Crippen LogP contribution in [0.3, 0.4) is 0 Å². The van der Waals surface area contributed by atoms with Crippen molar-refractivity contribution in [2.45, 2.75) is 19.9 Å². The topological polar surface area (TPSA) is 44.5 Å². The van der Waals surface area contributed by atoms with Crippen LogP contribution in [0.15, 0.2) is 18.2 Å². The van der Waals surface area contributed by atoms with Gasteiger partial charge in [-0.2, -0.15) is 0 Å². The number of hydrogen-bond acceptors (Lipinski definition) is 3. The lowest BCUT2D eigenvalue weighted by Crippen LogP contribution is -2.08. The summed E-state index contributed by atoms with van der Waals surface area (Å²) in [6, 6.07) is 5.58. The summed E-state index contributed by atoms with van der Waals surface area (Å²) in [5.41, 5.74) is 6.75. The first-order chi connectivity index (χ1) is 7.65. The highest BCUT2D eigenvalue weighted by Gasteiger charge is 2.05. The summed E-state index contributed by atoms with van der Waals surface area (Å²) >= 11 is 6.06. The van der Waals surface area contributed by atoms with E-state index in [-0.39, 0.29) is 6.04 Å². The van der Waals surface area contributed by atoms with Gasteiger partial charge in [0.2, 0.25) is 0 Å². The van der Waals surface area contributed by atoms with E-state index in [9.17, 15) is 0 Å². The number of hydrogen-bond donors (Lipinski definition) is 1. The van der Waals surface area contributed by atoms with Gasteiger partial charge < -0.3 is 15.2 Å². The van der Waals surface area contributed by atoms with Crippen molar-refractivity contribution in [3.8, 4) is 5.75 Å². The van der Waals surface area contributed by atoms with Crippen LogP contribution >= 0.6 is 11.6 Å². The van der Waals surface area contributed by atoms with Gasteiger partial charge in [0.15, 0.2) is 0 Å². The molecule has 0 saturated carbocycles. The van der Waals surface area contributed by atoms with E-state index >= 15 is 0 Å². The standard InChI is InChI=1S/C12H18ClNO2/c1-3-15-6-7-16-12-5-4-10(9(2)14)8-11(12)13/h4-5,8-9H,3,6-7,14H2,1-2H3/t9-/m0/s1. The third kappa shape index (κ3) is 4.00. The van der Waals surface area contributed by atoms with Gasteiger partial charge in [-0.3, -0.25) is 0 Å². The fraction of sp³-hybridized carbons (Fsp3) is 0.500. The highest BCUT2D eigenvalue weighted by molar-refractivity contribution is 6.32. The van der Waals surface area contributed by atoms with Crippen molar-refractivity contribution in [1.82, 2.24) is 0 Å². The van der Waals surface area contributed by atoms with E-state index < -0.39 is 0 Å². The average Bonchev–Trinajstić information content (AvgIpc) is 2.26. The van der Waals surface area contributed by atoms with Crippen molar-refractivity contribution < 1.29 is 9.47 Å². The predicted octanol–water partition coefficient (Wildman–Crippen LogP) is 2.78. The molecule has 0 fully saturated rings. The van der Waals surface area contributed by atoms with Crippen molar-refractivity contribution in [2.24, 2.45) is 5.73 Å². The summed E-state index contributed by atoms with van der Waals surface area (Å²) in [6.07, 6.45) is 0. The van der Waals surface area contributed by atoms with Gasteiger partial charge in [-0.15, -0.1) is 0 Å². The molecule has 0 heterocycles. The largest absolute Gasteiger partial charge is 0.490 e. The maximum atomic E-state index is 6.06. The lowest BCUT2D eigenvalue weighted by Gasteiger charge is -2.11. The highest BCUT2D eigenvalue weighted by Crippen LogP contribution is 2.27. The molecule has 1 rings (SSSR count). The summed E-state index contributed by atoms with van der Waals surface area (Å²) in [7, 11) is 0. The number of ether oxygens (including phenoxy) is 2. The molecule has 1 atom stereocenters. The Hall–Kier alpha value is -0.770. The predicted molar refractivity (Wildman–Crippen MR) is 66.0 cm³/mol. The van der Waals surface area contributed by atoms with Gasteiger partial charge in [0.05, 0.1) is 11.6 Å². The minimum Gasteiger partial charge on any atom is -0.490 e. The third-order valence-electron chi connectivity index (χ3n) is 2.17. The summed E-state index contributed by atoms with van der Waals surface area (Å²) in [5.74, 6) is 0.672. The summed E-state index contributed by atoms with van der Waals surface area (Å²) in [4.78, 5) is 0. The molecule has 0 aliphatic carbocycles. The van der Waals surface area contributed by atoms with Gasteiger partial charge in [-0.25, -0.2) is 0 Å². The van der Waals surface area contributed by atoms with Gasteiger partial charge in [0.1, 0.15) is 12.4 Å². The van der Waals surface area contributed by atoms with Crippen LogP contribution in [-0.2, 0) is 4.74 Å². The molecule has 3 nitrogen and oxygen atoms in total. The molecule has 4 heteroatoms. The summed E-state index contributed by atoms with van der Waals surface area (Å²) in [5, 5.41) is 0.589. The zero-order chi connectivity index (χ0) is 12.0. The SMILES string of the molecule is CCOCCOc1ccc([C@H](C)N)cc1Cl. The molecule has 16 heavy (non-hydrogen) atoms. The van der Waals surface area contributed by atoms with Crippen molar-refractivity contribution in [2.75, 3.05) is 19.8 Å². The zero-order valence-corrected chi connectivity index (χ0v) is 10.5. The third-order valence-corrected chi connectivity index (χ3v) is 2.47. The maximum absolute atomic E-state index is 6.06. The second-order valence-electron chi connectivity index (χ2n) is 3.52. The van der Waals surface area contributed by atoms with Crippen LogP contribution < -0.4 is 10.5 Å². The number of benzene rings is 1. The molecule has 0 amide bonds. The van der Waals surface area contributed by atoms with E-state index in [0.717, 1.165) is 5.56 Å². The molecule has 0 saturated heterocycles. The number of nitrogens with two attached hydrogens (primary N) is 1. The van der Waals surface area contributed by atoms with Crippen LogP contribution in [0.2, 0.25) is 5.02 Å². The summed E-state index contributed by atoms with van der Waals surface area (Å²) in [6.45, 7) is 5.64. The number of halogens is 1. The first-order valence-corrected chi connectivity index (χ1v) is 5.78. The van der Waals surface area contributed by atoms with Crippen molar-refractivity contribution >= 4 is 11.6 Å². The monoisotopic (exact) mass is 243 g/mol. The molecule has 2 N–H and O–H groups in total. The molecule has 0 unspecified atom stereocenters.